The zero-order chi connectivity index (χ0) is 19.6. The number of aromatic nitrogens is 3. The van der Waals surface area contributed by atoms with Crippen LogP contribution in [0.5, 0.6) is 0 Å². The van der Waals surface area contributed by atoms with E-state index in [1.54, 1.807) is 0 Å². The molecule has 2 heterocycles. The van der Waals surface area contributed by atoms with Crippen LogP contribution in [0.2, 0.25) is 0 Å². The highest BCUT2D eigenvalue weighted by Gasteiger charge is 2.20. The number of nitrogens with zero attached hydrogens (tertiary/aromatic N) is 3. The van der Waals surface area contributed by atoms with Gasteiger partial charge in [0.05, 0.1) is 11.8 Å². The summed E-state index contributed by atoms with van der Waals surface area (Å²) < 4.78 is 2.02. The van der Waals surface area contributed by atoms with E-state index in [1.807, 2.05) is 31.9 Å². The van der Waals surface area contributed by atoms with E-state index in [2.05, 4.69) is 54.9 Å². The highest BCUT2D eigenvalue weighted by Crippen LogP contribution is 2.40. The summed E-state index contributed by atoms with van der Waals surface area (Å²) in [6, 6.07) is 6.39. The smallest absolute Gasteiger partial charge is 0.163 e. The lowest BCUT2D eigenvalue weighted by Crippen LogP contribution is -2.07. The first-order chi connectivity index (χ1) is 13.1. The highest BCUT2D eigenvalue weighted by molar-refractivity contribution is 5.96. The molecule has 0 aliphatic carbocycles. The largest absolute Gasteiger partial charge is 0.388 e. The predicted molar refractivity (Wildman–Crippen MR) is 115 cm³/mol. The van der Waals surface area contributed by atoms with Gasteiger partial charge in [-0.05, 0) is 38.0 Å². The first-order valence-corrected chi connectivity index (χ1v) is 9.64. The number of rotatable bonds is 7. The number of fused-ring (bicyclic) bond motifs is 1. The maximum absolute atomic E-state index is 4.85. The Morgan fingerprint density at radius 3 is 2.11 bits per heavy atom. The molecule has 2 aromatic heterocycles. The van der Waals surface area contributed by atoms with Gasteiger partial charge in [0.25, 0.3) is 0 Å². The van der Waals surface area contributed by atoms with E-state index < -0.39 is 0 Å². The van der Waals surface area contributed by atoms with E-state index in [1.165, 1.54) is 5.69 Å². The van der Waals surface area contributed by atoms with Crippen LogP contribution >= 0.6 is 0 Å². The van der Waals surface area contributed by atoms with E-state index >= 15 is 0 Å². The van der Waals surface area contributed by atoms with Crippen molar-refractivity contribution in [1.29, 1.82) is 0 Å². The van der Waals surface area contributed by atoms with Crippen LogP contribution in [0.4, 0.5) is 17.1 Å². The number of anilines is 3. The average Bonchev–Trinajstić information content (AvgIpc) is 3.10. The molecule has 0 aliphatic rings. The number of aryl methyl sites for hydroxylation is 1. The molecule has 0 saturated heterocycles. The van der Waals surface area contributed by atoms with E-state index in [9.17, 15) is 0 Å². The fourth-order valence-corrected chi connectivity index (χ4v) is 3.76. The Morgan fingerprint density at radius 2 is 1.59 bits per heavy atom. The standard InChI is InChI=1S/C21H30N6/c1-7-14(8-2)19-9-13(3)26-21-16(12-25-27(19)21)20-17(23-5)10-15(22-4)11-18(20)24-6/h9-12,14,22-24H,7-8H2,1-6H3. The number of hydrogen-bond donors (Lipinski definition) is 3. The van der Waals surface area contributed by atoms with Crippen LogP contribution in [-0.4, -0.2) is 35.7 Å². The van der Waals surface area contributed by atoms with Crippen molar-refractivity contribution < 1.29 is 0 Å². The fourth-order valence-electron chi connectivity index (χ4n) is 3.76. The molecule has 0 amide bonds. The van der Waals surface area contributed by atoms with Crippen LogP contribution in [0.1, 0.15) is 44.0 Å². The van der Waals surface area contributed by atoms with Crippen LogP contribution in [-0.2, 0) is 0 Å². The number of nitrogens with one attached hydrogen (secondary N) is 3. The second-order valence-corrected chi connectivity index (χ2v) is 6.83. The third-order valence-corrected chi connectivity index (χ3v) is 5.27. The fraction of sp³-hybridized carbons (Fsp3) is 0.429. The van der Waals surface area contributed by atoms with Crippen molar-refractivity contribution >= 4 is 22.7 Å². The summed E-state index contributed by atoms with van der Waals surface area (Å²) in [5, 5.41) is 14.6. The van der Waals surface area contributed by atoms with Crippen LogP contribution < -0.4 is 16.0 Å². The summed E-state index contributed by atoms with van der Waals surface area (Å²) in [6.07, 6.45) is 4.11. The molecule has 0 radical (unpaired) electrons. The van der Waals surface area contributed by atoms with E-state index in [4.69, 9.17) is 10.1 Å². The minimum atomic E-state index is 0.473. The predicted octanol–water partition coefficient (Wildman–Crippen LogP) is 4.73. The first kappa shape index (κ1) is 19.0. The van der Waals surface area contributed by atoms with Crippen LogP contribution in [0.3, 0.4) is 0 Å². The molecule has 0 aliphatic heterocycles. The molecule has 0 spiro atoms. The molecule has 3 aromatic rings. The van der Waals surface area contributed by atoms with E-state index in [0.717, 1.165) is 52.4 Å². The molecule has 6 heteroatoms. The summed E-state index contributed by atoms with van der Waals surface area (Å²) in [6.45, 7) is 6.52. The SMILES string of the molecule is CCC(CC)c1cc(C)nc2c(-c3c(NC)cc(NC)cc3NC)cnn12. The quantitative estimate of drug-likeness (QED) is 0.564. The van der Waals surface area contributed by atoms with Crippen LogP contribution in [0, 0.1) is 6.92 Å². The second kappa shape index (κ2) is 7.86. The van der Waals surface area contributed by atoms with E-state index in [0.29, 0.717) is 5.92 Å². The molecule has 0 bridgehead atoms. The van der Waals surface area contributed by atoms with Gasteiger partial charge in [-0.3, -0.25) is 0 Å². The van der Waals surface area contributed by atoms with Gasteiger partial charge in [0, 0.05) is 61.1 Å². The summed E-state index contributed by atoms with van der Waals surface area (Å²) in [5.41, 5.74) is 8.40. The Kier molecular flexibility index (Phi) is 5.54. The Morgan fingerprint density at radius 1 is 0.963 bits per heavy atom. The summed E-state index contributed by atoms with van der Waals surface area (Å²) in [7, 11) is 5.81. The van der Waals surface area contributed by atoms with Gasteiger partial charge >= 0.3 is 0 Å². The lowest BCUT2D eigenvalue weighted by atomic mass is 9.98. The van der Waals surface area contributed by atoms with Gasteiger partial charge in [0.15, 0.2) is 5.65 Å². The van der Waals surface area contributed by atoms with Gasteiger partial charge in [0.2, 0.25) is 0 Å². The minimum absolute atomic E-state index is 0.473. The van der Waals surface area contributed by atoms with Crippen molar-refractivity contribution in [1.82, 2.24) is 14.6 Å². The van der Waals surface area contributed by atoms with Gasteiger partial charge in [-0.15, -0.1) is 0 Å². The zero-order valence-electron chi connectivity index (χ0n) is 17.1. The molecule has 0 atom stereocenters. The second-order valence-electron chi connectivity index (χ2n) is 6.83. The third kappa shape index (κ3) is 3.31. The molecule has 3 rings (SSSR count). The van der Waals surface area contributed by atoms with E-state index in [-0.39, 0.29) is 0 Å². The lowest BCUT2D eigenvalue weighted by molar-refractivity contribution is 0.599. The minimum Gasteiger partial charge on any atom is -0.388 e. The van der Waals surface area contributed by atoms with Crippen LogP contribution in [0.25, 0.3) is 16.8 Å². The normalized spacial score (nSPS) is 11.2. The summed E-state index contributed by atoms with van der Waals surface area (Å²) >= 11 is 0. The molecule has 0 saturated carbocycles. The lowest BCUT2D eigenvalue weighted by Gasteiger charge is -2.17. The van der Waals surface area contributed by atoms with Gasteiger partial charge < -0.3 is 16.0 Å². The maximum atomic E-state index is 4.85. The van der Waals surface area contributed by atoms with Crippen molar-refractivity contribution in [2.24, 2.45) is 0 Å². The van der Waals surface area contributed by atoms with Crippen molar-refractivity contribution in [3.8, 4) is 11.1 Å². The number of benzene rings is 1. The summed E-state index contributed by atoms with van der Waals surface area (Å²) in [5.74, 6) is 0.473. The molecule has 3 N–H and O–H groups in total. The monoisotopic (exact) mass is 366 g/mol. The molecular weight excluding hydrogens is 336 g/mol. The van der Waals surface area contributed by atoms with Crippen molar-refractivity contribution in [3.05, 3.63) is 35.8 Å². The van der Waals surface area contributed by atoms with Gasteiger partial charge in [-0.2, -0.15) is 5.10 Å². The molecule has 6 nitrogen and oxygen atoms in total. The van der Waals surface area contributed by atoms with Crippen molar-refractivity contribution in [2.75, 3.05) is 37.1 Å². The Hall–Kier alpha value is -2.76. The maximum Gasteiger partial charge on any atom is 0.163 e. The molecule has 144 valence electrons. The van der Waals surface area contributed by atoms with Crippen molar-refractivity contribution in [3.63, 3.8) is 0 Å². The third-order valence-electron chi connectivity index (χ3n) is 5.27. The molecule has 0 unspecified atom stereocenters. The Balaban J connectivity index is 2.31. The Bertz CT molecular complexity index is 914. The average molecular weight is 367 g/mol. The van der Waals surface area contributed by atoms with Gasteiger partial charge in [-0.25, -0.2) is 9.50 Å². The highest BCUT2D eigenvalue weighted by atomic mass is 15.3. The van der Waals surface area contributed by atoms with Gasteiger partial charge in [0.1, 0.15) is 0 Å². The zero-order valence-corrected chi connectivity index (χ0v) is 17.1. The number of hydrogen-bond acceptors (Lipinski definition) is 5. The summed E-state index contributed by atoms with van der Waals surface area (Å²) in [4.78, 5) is 4.85. The van der Waals surface area contributed by atoms with Crippen molar-refractivity contribution in [2.45, 2.75) is 39.5 Å². The molecular formula is C21H30N6. The van der Waals surface area contributed by atoms with Crippen LogP contribution in [0.15, 0.2) is 24.4 Å². The topological polar surface area (TPSA) is 66.3 Å². The molecule has 27 heavy (non-hydrogen) atoms. The van der Waals surface area contributed by atoms with Gasteiger partial charge in [-0.1, -0.05) is 13.8 Å². The first-order valence-electron chi connectivity index (χ1n) is 9.64. The Labute approximate surface area is 161 Å². The molecule has 1 aromatic carbocycles. The molecule has 0 fully saturated rings.